The molecule has 0 radical (unpaired) electrons. The average Bonchev–Trinajstić information content (AvgIpc) is 3.39. The summed E-state index contributed by atoms with van der Waals surface area (Å²) in [5.41, 5.74) is 7.21. The summed E-state index contributed by atoms with van der Waals surface area (Å²) in [6, 6.07) is 17.5. The predicted octanol–water partition coefficient (Wildman–Crippen LogP) is 4.25. The summed E-state index contributed by atoms with van der Waals surface area (Å²) in [5.74, 6) is 0. The molecule has 1 aromatic carbocycles. The Morgan fingerprint density at radius 2 is 1.78 bits per heavy atom. The number of hydrogen-bond donors (Lipinski definition) is 1. The Hall–Kier alpha value is -2.94. The van der Waals surface area contributed by atoms with Crippen molar-refractivity contribution in [2.75, 3.05) is 58.4 Å². The fraction of sp³-hybridized carbons (Fsp3) is 0.448. The van der Waals surface area contributed by atoms with Crippen molar-refractivity contribution in [1.29, 1.82) is 0 Å². The number of thiocarbonyl (C=S) groups is 1. The molecule has 8 heteroatoms. The molecular weight excluding hydrogens is 480 g/mol. The fourth-order valence-electron chi connectivity index (χ4n) is 5.66. The Bertz CT molecular complexity index is 1200. The lowest BCUT2D eigenvalue weighted by molar-refractivity contribution is 0.122. The highest BCUT2D eigenvalue weighted by atomic mass is 32.1. The smallest absolute Gasteiger partial charge is 0.170 e. The van der Waals surface area contributed by atoms with Crippen molar-refractivity contribution in [1.82, 2.24) is 24.7 Å². The number of rotatable bonds is 8. The lowest BCUT2D eigenvalue weighted by Gasteiger charge is -2.29. The van der Waals surface area contributed by atoms with E-state index in [1.807, 2.05) is 12.3 Å². The Kier molecular flexibility index (Phi) is 7.79. The first-order chi connectivity index (χ1) is 17.9. The topological polar surface area (TPSA) is 48.8 Å². The van der Waals surface area contributed by atoms with Gasteiger partial charge >= 0.3 is 0 Å². The van der Waals surface area contributed by atoms with Crippen molar-refractivity contribution in [2.24, 2.45) is 0 Å². The molecule has 4 heterocycles. The van der Waals surface area contributed by atoms with Crippen LogP contribution >= 0.6 is 12.2 Å². The number of hydrogen-bond acceptors (Lipinski definition) is 5. The van der Waals surface area contributed by atoms with E-state index in [1.54, 1.807) is 0 Å². The van der Waals surface area contributed by atoms with E-state index >= 15 is 0 Å². The summed E-state index contributed by atoms with van der Waals surface area (Å²) in [6.07, 6.45) is 2.91. The molecule has 0 spiro atoms. The van der Waals surface area contributed by atoms with Crippen molar-refractivity contribution in [3.63, 3.8) is 0 Å². The number of anilines is 1. The number of nitrogens with zero attached hydrogens (tertiary/aromatic N) is 5. The molecule has 2 atom stereocenters. The number of aryl methyl sites for hydroxylation is 1. The van der Waals surface area contributed by atoms with Gasteiger partial charge in [0.15, 0.2) is 5.11 Å². The summed E-state index contributed by atoms with van der Waals surface area (Å²) in [7, 11) is 4.24. The summed E-state index contributed by atoms with van der Waals surface area (Å²) in [4.78, 5) is 11.7. The second-order valence-corrected chi connectivity index (χ2v) is 10.6. The lowest BCUT2D eigenvalue weighted by atomic mass is 9.96. The van der Waals surface area contributed by atoms with Gasteiger partial charge in [-0.2, -0.15) is 0 Å². The van der Waals surface area contributed by atoms with E-state index in [0.717, 1.165) is 56.6 Å². The molecule has 2 aliphatic rings. The number of benzene rings is 1. The second kappa shape index (κ2) is 11.2. The van der Waals surface area contributed by atoms with Crippen LogP contribution in [0.15, 0.2) is 54.7 Å². The van der Waals surface area contributed by atoms with Crippen LogP contribution in [-0.4, -0.2) is 78.0 Å². The minimum Gasteiger partial charge on any atom is -0.378 e. The zero-order chi connectivity index (χ0) is 25.9. The third-order valence-corrected chi connectivity index (χ3v) is 7.83. The maximum Gasteiger partial charge on any atom is 0.170 e. The molecule has 7 nitrogen and oxygen atoms in total. The molecule has 3 aromatic rings. The van der Waals surface area contributed by atoms with E-state index < -0.39 is 0 Å². The molecule has 2 fully saturated rings. The third-order valence-electron chi connectivity index (χ3n) is 7.48. The Labute approximate surface area is 226 Å². The first-order valence-corrected chi connectivity index (χ1v) is 13.6. The third kappa shape index (κ3) is 5.37. The Morgan fingerprint density at radius 1 is 1.05 bits per heavy atom. The predicted molar refractivity (Wildman–Crippen MR) is 154 cm³/mol. The Balaban J connectivity index is 1.48. The molecule has 2 aromatic heterocycles. The van der Waals surface area contributed by atoms with E-state index in [0.29, 0.717) is 0 Å². The summed E-state index contributed by atoms with van der Waals surface area (Å²) >= 11 is 5.88. The fourth-order valence-corrected chi connectivity index (χ4v) is 5.99. The minimum absolute atomic E-state index is 0.00528. The minimum atomic E-state index is 0.00528. The lowest BCUT2D eigenvalue weighted by Crippen LogP contribution is -2.36. The Morgan fingerprint density at radius 3 is 2.46 bits per heavy atom. The maximum atomic E-state index is 5.88. The first kappa shape index (κ1) is 25.7. The van der Waals surface area contributed by atoms with Crippen LogP contribution in [-0.2, 0) is 4.74 Å². The molecule has 0 aliphatic carbocycles. The largest absolute Gasteiger partial charge is 0.378 e. The summed E-state index contributed by atoms with van der Waals surface area (Å²) < 4.78 is 7.89. The monoisotopic (exact) mass is 518 g/mol. The van der Waals surface area contributed by atoms with Gasteiger partial charge in [-0.15, -0.1) is 0 Å². The molecular formula is C29H38N6OS. The summed E-state index contributed by atoms with van der Waals surface area (Å²) in [6.45, 7) is 9.81. The van der Waals surface area contributed by atoms with Crippen LogP contribution in [0.2, 0.25) is 0 Å². The van der Waals surface area contributed by atoms with Gasteiger partial charge in [-0.1, -0.05) is 6.07 Å². The van der Waals surface area contributed by atoms with E-state index in [1.165, 1.54) is 28.3 Å². The standard InChI is InChI=1S/C29H38N6OS/c1-21-20-25(22(2)35(21)24-11-9-23(10-12-24)33-16-18-36-19-17-33)28-27(26-8-5-6-13-30-26)31-29(37)34(28)15-7-14-32(3)4/h5-6,8-13,20,27-28H,7,14-19H2,1-4H3,(H,31,37)/t27-,28-/m1/s1. The average molecular weight is 519 g/mol. The van der Waals surface area contributed by atoms with Gasteiger partial charge in [0, 0.05) is 48.6 Å². The highest BCUT2D eigenvalue weighted by Gasteiger charge is 2.41. The van der Waals surface area contributed by atoms with Crippen LogP contribution in [0.5, 0.6) is 0 Å². The van der Waals surface area contributed by atoms with Crippen LogP contribution in [0.3, 0.4) is 0 Å². The van der Waals surface area contributed by atoms with Gasteiger partial charge in [-0.25, -0.2) is 0 Å². The number of ether oxygens (including phenoxy) is 1. The normalized spacial score (nSPS) is 20.1. The van der Waals surface area contributed by atoms with Crippen LogP contribution in [0, 0.1) is 13.8 Å². The van der Waals surface area contributed by atoms with E-state index in [-0.39, 0.29) is 12.1 Å². The second-order valence-electron chi connectivity index (χ2n) is 10.3. The molecule has 0 unspecified atom stereocenters. The highest BCUT2D eigenvalue weighted by molar-refractivity contribution is 7.80. The van der Waals surface area contributed by atoms with Crippen LogP contribution < -0.4 is 10.2 Å². The van der Waals surface area contributed by atoms with Crippen molar-refractivity contribution in [3.05, 3.63) is 77.4 Å². The van der Waals surface area contributed by atoms with Crippen molar-refractivity contribution >= 4 is 23.0 Å². The highest BCUT2D eigenvalue weighted by Crippen LogP contribution is 2.41. The molecule has 2 aliphatic heterocycles. The molecule has 0 amide bonds. The number of nitrogens with one attached hydrogen (secondary N) is 1. The van der Waals surface area contributed by atoms with Crippen molar-refractivity contribution in [3.8, 4) is 5.69 Å². The van der Waals surface area contributed by atoms with E-state index in [9.17, 15) is 0 Å². The number of pyridine rings is 1. The van der Waals surface area contributed by atoms with Crippen LogP contribution in [0.1, 0.15) is 41.1 Å². The van der Waals surface area contributed by atoms with Gasteiger partial charge in [0.2, 0.25) is 0 Å². The molecule has 0 bridgehead atoms. The maximum absolute atomic E-state index is 5.88. The SMILES string of the molecule is Cc1cc([C@@H]2[C@@H](c3ccccn3)NC(=S)N2CCCN(C)C)c(C)n1-c1ccc(N2CCOCC2)cc1. The van der Waals surface area contributed by atoms with Gasteiger partial charge in [-0.3, -0.25) is 4.98 Å². The first-order valence-electron chi connectivity index (χ1n) is 13.2. The van der Waals surface area contributed by atoms with Crippen LogP contribution in [0.4, 0.5) is 5.69 Å². The van der Waals surface area contributed by atoms with Crippen molar-refractivity contribution in [2.45, 2.75) is 32.4 Å². The van der Waals surface area contributed by atoms with Crippen LogP contribution in [0.25, 0.3) is 5.69 Å². The summed E-state index contributed by atoms with van der Waals surface area (Å²) in [5, 5.41) is 4.41. The molecule has 37 heavy (non-hydrogen) atoms. The van der Waals surface area contributed by atoms with Gasteiger partial charge in [0.25, 0.3) is 0 Å². The van der Waals surface area contributed by atoms with Gasteiger partial charge in [0.05, 0.1) is 31.0 Å². The zero-order valence-corrected chi connectivity index (χ0v) is 23.2. The van der Waals surface area contributed by atoms with Gasteiger partial charge in [0.1, 0.15) is 0 Å². The molecule has 5 rings (SSSR count). The van der Waals surface area contributed by atoms with E-state index in [2.05, 4.69) is 95.0 Å². The molecule has 196 valence electrons. The van der Waals surface area contributed by atoms with Gasteiger partial charge in [-0.05, 0) is 101 Å². The van der Waals surface area contributed by atoms with E-state index in [4.69, 9.17) is 21.9 Å². The molecule has 1 N–H and O–H groups in total. The van der Waals surface area contributed by atoms with Crippen molar-refractivity contribution < 1.29 is 4.74 Å². The number of aromatic nitrogens is 2. The molecule has 0 saturated carbocycles. The molecule has 2 saturated heterocycles. The number of morpholine rings is 1. The quantitative estimate of drug-likeness (QED) is 0.448. The van der Waals surface area contributed by atoms with Gasteiger partial charge < -0.3 is 29.3 Å². The zero-order valence-electron chi connectivity index (χ0n) is 22.4.